The van der Waals surface area contributed by atoms with Crippen molar-refractivity contribution in [1.82, 2.24) is 9.21 Å². The predicted molar refractivity (Wildman–Crippen MR) is 124 cm³/mol. The summed E-state index contributed by atoms with van der Waals surface area (Å²) in [5.41, 5.74) is 1.67. The molecule has 3 heterocycles. The third kappa shape index (κ3) is 4.71. The molecule has 2 amide bonds. The maximum absolute atomic E-state index is 13.2. The van der Waals surface area contributed by atoms with E-state index < -0.39 is 10.0 Å². The van der Waals surface area contributed by atoms with Gasteiger partial charge in [-0.2, -0.15) is 4.31 Å². The Morgan fingerprint density at radius 2 is 1.66 bits per heavy atom. The highest BCUT2D eigenvalue weighted by molar-refractivity contribution is 7.89. The number of piperidine rings is 2. The quantitative estimate of drug-likeness (QED) is 0.675. The van der Waals surface area contributed by atoms with Crippen molar-refractivity contribution in [3.05, 3.63) is 23.8 Å². The Morgan fingerprint density at radius 3 is 2.38 bits per heavy atom. The molecule has 0 N–H and O–H groups in total. The third-order valence-electron chi connectivity index (χ3n) is 7.29. The van der Waals surface area contributed by atoms with Crippen LogP contribution in [-0.2, 0) is 26.0 Å². The van der Waals surface area contributed by atoms with E-state index in [0.29, 0.717) is 30.3 Å². The van der Waals surface area contributed by atoms with E-state index in [9.17, 15) is 18.0 Å². The average molecular weight is 462 g/mol. The van der Waals surface area contributed by atoms with E-state index in [1.165, 1.54) is 0 Å². The molecule has 7 nitrogen and oxygen atoms in total. The Kier molecular flexibility index (Phi) is 6.91. The van der Waals surface area contributed by atoms with Crippen LogP contribution < -0.4 is 4.90 Å². The summed E-state index contributed by atoms with van der Waals surface area (Å²) >= 11 is 0. The molecule has 0 spiro atoms. The second-order valence-electron chi connectivity index (χ2n) is 9.61. The summed E-state index contributed by atoms with van der Waals surface area (Å²) in [7, 11) is -3.53. The highest BCUT2D eigenvalue weighted by Crippen LogP contribution is 2.33. The van der Waals surface area contributed by atoms with Crippen LogP contribution in [0.15, 0.2) is 23.1 Å². The molecule has 1 atom stereocenters. The number of carbonyl (C=O) groups is 2. The molecule has 176 valence electrons. The van der Waals surface area contributed by atoms with Crippen molar-refractivity contribution in [2.24, 2.45) is 5.92 Å². The first kappa shape index (κ1) is 23.2. The lowest BCUT2D eigenvalue weighted by atomic mass is 9.99. The number of nitrogens with zero attached hydrogens (tertiary/aromatic N) is 3. The molecule has 0 saturated carbocycles. The predicted octanol–water partition coefficient (Wildman–Crippen LogP) is 3.18. The summed E-state index contributed by atoms with van der Waals surface area (Å²) in [5, 5.41) is 0. The molecule has 32 heavy (non-hydrogen) atoms. The largest absolute Gasteiger partial charge is 0.343 e. The molecular weight excluding hydrogens is 426 g/mol. The van der Waals surface area contributed by atoms with Crippen molar-refractivity contribution in [3.63, 3.8) is 0 Å². The van der Waals surface area contributed by atoms with Gasteiger partial charge in [0.25, 0.3) is 0 Å². The monoisotopic (exact) mass is 461 g/mol. The smallest absolute Gasteiger partial charge is 0.243 e. The minimum absolute atomic E-state index is 0.0146. The summed E-state index contributed by atoms with van der Waals surface area (Å²) in [6, 6.07) is 5.14. The molecule has 3 aliphatic rings. The number of hydrogen-bond acceptors (Lipinski definition) is 4. The summed E-state index contributed by atoms with van der Waals surface area (Å²) in [6.07, 6.45) is 5.97. The van der Waals surface area contributed by atoms with Gasteiger partial charge in [-0.15, -0.1) is 0 Å². The van der Waals surface area contributed by atoms with Crippen molar-refractivity contribution in [2.75, 3.05) is 31.1 Å². The molecule has 2 fully saturated rings. The zero-order valence-corrected chi connectivity index (χ0v) is 20.1. The number of hydrogen-bond donors (Lipinski definition) is 0. The van der Waals surface area contributed by atoms with Gasteiger partial charge in [0, 0.05) is 50.7 Å². The van der Waals surface area contributed by atoms with E-state index in [-0.39, 0.29) is 30.7 Å². The van der Waals surface area contributed by atoms with Gasteiger partial charge in [-0.25, -0.2) is 8.42 Å². The van der Waals surface area contributed by atoms with Crippen molar-refractivity contribution in [3.8, 4) is 0 Å². The van der Waals surface area contributed by atoms with Crippen LogP contribution in [0, 0.1) is 5.92 Å². The second kappa shape index (κ2) is 9.51. The van der Waals surface area contributed by atoms with Crippen molar-refractivity contribution < 1.29 is 18.0 Å². The fraction of sp³-hybridized carbons (Fsp3) is 0.667. The van der Waals surface area contributed by atoms with Gasteiger partial charge in [0.15, 0.2) is 0 Å². The van der Waals surface area contributed by atoms with Gasteiger partial charge in [-0.1, -0.05) is 13.3 Å². The van der Waals surface area contributed by atoms with Crippen LogP contribution in [0.5, 0.6) is 0 Å². The molecule has 1 aromatic rings. The van der Waals surface area contributed by atoms with E-state index in [0.717, 1.165) is 56.4 Å². The second-order valence-corrected chi connectivity index (χ2v) is 11.5. The van der Waals surface area contributed by atoms with Gasteiger partial charge in [0.1, 0.15) is 0 Å². The number of sulfonamides is 1. The van der Waals surface area contributed by atoms with Gasteiger partial charge in [-0.3, -0.25) is 9.59 Å². The van der Waals surface area contributed by atoms with E-state index in [4.69, 9.17) is 0 Å². The van der Waals surface area contributed by atoms with E-state index in [1.807, 2.05) is 11.8 Å². The molecule has 8 heteroatoms. The molecule has 3 aliphatic heterocycles. The Labute approximate surface area is 191 Å². The molecule has 0 radical (unpaired) electrons. The first-order valence-corrected chi connectivity index (χ1v) is 13.4. The van der Waals surface area contributed by atoms with Gasteiger partial charge >= 0.3 is 0 Å². The summed E-state index contributed by atoms with van der Waals surface area (Å²) in [6.45, 7) is 6.85. The van der Waals surface area contributed by atoms with Crippen molar-refractivity contribution >= 4 is 27.5 Å². The molecular formula is C24H35N3O4S. The Bertz CT molecular complexity index is 969. The van der Waals surface area contributed by atoms with Gasteiger partial charge in [-0.05, 0) is 68.7 Å². The number of anilines is 1. The molecule has 0 unspecified atom stereocenters. The highest BCUT2D eigenvalue weighted by atomic mass is 32.2. The third-order valence-corrected chi connectivity index (χ3v) is 9.29. The fourth-order valence-electron chi connectivity index (χ4n) is 5.13. The lowest BCUT2D eigenvalue weighted by molar-refractivity contribution is -0.134. The Hall–Kier alpha value is -1.93. The summed E-state index contributed by atoms with van der Waals surface area (Å²) in [5.74, 6) is 0.651. The maximum atomic E-state index is 13.2. The van der Waals surface area contributed by atoms with Crippen LogP contribution in [0.25, 0.3) is 0 Å². The first-order chi connectivity index (χ1) is 15.3. The summed E-state index contributed by atoms with van der Waals surface area (Å²) < 4.78 is 27.9. The first-order valence-electron chi connectivity index (χ1n) is 12.0. The highest BCUT2D eigenvalue weighted by Gasteiger charge is 2.33. The fourth-order valence-corrected chi connectivity index (χ4v) is 6.88. The average Bonchev–Trinajstić information content (AvgIpc) is 3.21. The molecule has 4 rings (SSSR count). The number of carbonyl (C=O) groups excluding carboxylic acids is 2. The normalized spacial score (nSPS) is 22.8. The molecule has 0 aromatic heterocycles. The van der Waals surface area contributed by atoms with E-state index in [2.05, 4.69) is 6.92 Å². The Morgan fingerprint density at radius 1 is 0.938 bits per heavy atom. The number of likely N-dealkylation sites (tertiary alicyclic amines) is 1. The zero-order chi connectivity index (χ0) is 22.9. The van der Waals surface area contributed by atoms with Crippen LogP contribution in [-0.4, -0.2) is 61.7 Å². The minimum atomic E-state index is -3.53. The molecule has 1 aromatic carbocycles. The lowest BCUT2D eigenvalue weighted by Crippen LogP contribution is -2.41. The van der Waals surface area contributed by atoms with Gasteiger partial charge in [0.2, 0.25) is 21.8 Å². The van der Waals surface area contributed by atoms with Gasteiger partial charge < -0.3 is 9.80 Å². The van der Waals surface area contributed by atoms with Crippen molar-refractivity contribution in [2.45, 2.75) is 76.2 Å². The minimum Gasteiger partial charge on any atom is -0.343 e. The Balaban J connectivity index is 1.40. The van der Waals surface area contributed by atoms with E-state index in [1.54, 1.807) is 27.4 Å². The van der Waals surface area contributed by atoms with Crippen LogP contribution in [0.3, 0.4) is 0 Å². The van der Waals surface area contributed by atoms with Crippen LogP contribution in [0.2, 0.25) is 0 Å². The zero-order valence-electron chi connectivity index (χ0n) is 19.3. The number of benzene rings is 1. The maximum Gasteiger partial charge on any atom is 0.243 e. The van der Waals surface area contributed by atoms with Crippen LogP contribution >= 0.6 is 0 Å². The van der Waals surface area contributed by atoms with Crippen molar-refractivity contribution in [1.29, 1.82) is 0 Å². The number of fused-ring (bicyclic) bond motifs is 1. The van der Waals surface area contributed by atoms with Crippen LogP contribution in [0.1, 0.15) is 64.4 Å². The molecule has 0 bridgehead atoms. The summed E-state index contributed by atoms with van der Waals surface area (Å²) in [4.78, 5) is 29.2. The van der Waals surface area contributed by atoms with Crippen LogP contribution in [0.4, 0.5) is 5.69 Å². The van der Waals surface area contributed by atoms with Gasteiger partial charge in [0.05, 0.1) is 4.90 Å². The lowest BCUT2D eigenvalue weighted by Gasteiger charge is -2.32. The standard InChI is InChI=1S/C24H35N3O4S/c1-18-10-14-25(15-11-18)23(28)8-9-24(29)26-16-12-20-17-21(6-7-22(20)26)32(30,31)27-13-4-3-5-19(27)2/h6-7,17-19H,3-5,8-16H2,1-2H3/t19-/m0/s1. The number of amides is 2. The van der Waals surface area contributed by atoms with E-state index >= 15 is 0 Å². The number of rotatable bonds is 5. The topological polar surface area (TPSA) is 78.0 Å². The molecule has 0 aliphatic carbocycles. The molecule has 2 saturated heterocycles. The SMILES string of the molecule is CC1CCN(C(=O)CCC(=O)N2CCc3cc(S(=O)(=O)N4CCCC[C@@H]4C)ccc32)CC1.